The second-order valence-electron chi connectivity index (χ2n) is 5.38. The lowest BCUT2D eigenvalue weighted by Crippen LogP contribution is -2.42. The molecule has 2 N–H and O–H groups in total. The van der Waals surface area contributed by atoms with Crippen LogP contribution in [-0.2, 0) is 16.0 Å². The highest BCUT2D eigenvalue weighted by Crippen LogP contribution is 2.08. The maximum atomic E-state index is 11.8. The minimum Gasteiger partial charge on any atom is -0.480 e. The lowest BCUT2D eigenvalue weighted by molar-refractivity contribution is -0.141. The second-order valence-corrected chi connectivity index (χ2v) is 6.48. The molecule has 0 aliphatic heterocycles. The maximum absolute atomic E-state index is 11.8. The van der Waals surface area contributed by atoms with Crippen LogP contribution in [0.1, 0.15) is 25.8 Å². The Kier molecular flexibility index (Phi) is 7.90. The predicted octanol–water partition coefficient (Wildman–Crippen LogP) is 2.58. The van der Waals surface area contributed by atoms with Gasteiger partial charge in [0, 0.05) is 0 Å². The summed E-state index contributed by atoms with van der Waals surface area (Å²) in [6.45, 7) is 3.88. The van der Waals surface area contributed by atoms with E-state index in [1.807, 2.05) is 32.0 Å². The highest BCUT2D eigenvalue weighted by molar-refractivity contribution is 7.99. The number of carbonyl (C=O) groups is 2. The van der Waals surface area contributed by atoms with Crippen molar-refractivity contribution < 1.29 is 14.7 Å². The Labute approximate surface area is 130 Å². The van der Waals surface area contributed by atoms with Crippen molar-refractivity contribution >= 4 is 23.6 Å². The Morgan fingerprint density at radius 1 is 1.24 bits per heavy atom. The van der Waals surface area contributed by atoms with E-state index in [2.05, 4.69) is 17.4 Å². The number of hydrogen-bond acceptors (Lipinski definition) is 3. The number of thioether (sulfide) groups is 1. The van der Waals surface area contributed by atoms with Gasteiger partial charge in [-0.15, -0.1) is 0 Å². The summed E-state index contributed by atoms with van der Waals surface area (Å²) in [5.74, 6) is 0.207. The number of benzene rings is 1. The van der Waals surface area contributed by atoms with Crippen LogP contribution in [0, 0.1) is 5.92 Å². The third-order valence-electron chi connectivity index (χ3n) is 2.95. The van der Waals surface area contributed by atoms with Gasteiger partial charge in [-0.3, -0.25) is 4.79 Å². The largest absolute Gasteiger partial charge is 0.480 e. The van der Waals surface area contributed by atoms with E-state index in [9.17, 15) is 9.59 Å². The van der Waals surface area contributed by atoms with E-state index in [1.54, 1.807) is 0 Å². The van der Waals surface area contributed by atoms with Crippen molar-refractivity contribution in [1.29, 1.82) is 0 Å². The first-order valence-corrected chi connectivity index (χ1v) is 8.28. The maximum Gasteiger partial charge on any atom is 0.326 e. The van der Waals surface area contributed by atoms with Crippen LogP contribution in [0.4, 0.5) is 0 Å². The van der Waals surface area contributed by atoms with Gasteiger partial charge in [0.15, 0.2) is 0 Å². The van der Waals surface area contributed by atoms with Crippen molar-refractivity contribution in [3.8, 4) is 0 Å². The minimum atomic E-state index is -0.966. The summed E-state index contributed by atoms with van der Waals surface area (Å²) in [7, 11) is 0. The van der Waals surface area contributed by atoms with Gasteiger partial charge in [-0.2, -0.15) is 11.8 Å². The molecule has 0 aliphatic rings. The fourth-order valence-electron chi connectivity index (χ4n) is 1.93. The molecule has 0 bridgehead atoms. The van der Waals surface area contributed by atoms with Gasteiger partial charge in [0.2, 0.25) is 5.91 Å². The number of carbonyl (C=O) groups excluding carboxylic acids is 1. The molecule has 0 fully saturated rings. The summed E-state index contributed by atoms with van der Waals surface area (Å²) in [5.41, 5.74) is 1.24. The lowest BCUT2D eigenvalue weighted by atomic mass is 10.0. The molecule has 0 heterocycles. The monoisotopic (exact) mass is 309 g/mol. The third-order valence-corrected chi connectivity index (χ3v) is 3.91. The zero-order valence-electron chi connectivity index (χ0n) is 12.5. The average Bonchev–Trinajstić information content (AvgIpc) is 2.43. The highest BCUT2D eigenvalue weighted by atomic mass is 32.2. The molecule has 1 rings (SSSR count). The van der Waals surface area contributed by atoms with Crippen molar-refractivity contribution in [2.24, 2.45) is 5.92 Å². The van der Waals surface area contributed by atoms with Crippen LogP contribution < -0.4 is 5.32 Å². The minimum absolute atomic E-state index is 0.207. The molecule has 116 valence electrons. The van der Waals surface area contributed by atoms with Gasteiger partial charge in [0.1, 0.15) is 6.04 Å². The Morgan fingerprint density at radius 3 is 2.48 bits per heavy atom. The summed E-state index contributed by atoms with van der Waals surface area (Å²) >= 11 is 1.52. The molecule has 1 amide bonds. The fraction of sp³-hybridized carbons (Fsp3) is 0.500. The second kappa shape index (κ2) is 9.45. The Balaban J connectivity index is 2.25. The molecule has 5 heteroatoms. The van der Waals surface area contributed by atoms with Crippen LogP contribution >= 0.6 is 11.8 Å². The van der Waals surface area contributed by atoms with Gasteiger partial charge in [-0.1, -0.05) is 44.2 Å². The molecule has 0 saturated heterocycles. The molecule has 1 aromatic rings. The molecule has 0 saturated carbocycles. The van der Waals surface area contributed by atoms with Crippen LogP contribution in [-0.4, -0.2) is 34.5 Å². The summed E-state index contributed by atoms with van der Waals surface area (Å²) in [6, 6.07) is 9.30. The molecule has 4 nitrogen and oxygen atoms in total. The molecule has 21 heavy (non-hydrogen) atoms. The van der Waals surface area contributed by atoms with Crippen LogP contribution in [0.25, 0.3) is 0 Å². The Hall–Kier alpha value is -1.49. The van der Waals surface area contributed by atoms with E-state index >= 15 is 0 Å². The van der Waals surface area contributed by atoms with E-state index in [-0.39, 0.29) is 11.8 Å². The summed E-state index contributed by atoms with van der Waals surface area (Å²) in [5, 5.41) is 11.7. The molecule has 1 aromatic carbocycles. The number of hydrogen-bond donors (Lipinski definition) is 2. The Bertz CT molecular complexity index is 448. The molecular weight excluding hydrogens is 286 g/mol. The number of aliphatic carboxylic acids is 1. The standard InChI is InChI=1S/C16H23NO3S/c1-12(2)10-14(16(19)20)17-15(18)11-21-9-8-13-6-4-3-5-7-13/h3-7,12,14H,8-11H2,1-2H3,(H,17,18)(H,19,20)/t14-/m0/s1. The van der Waals surface area contributed by atoms with Crippen LogP contribution in [0.2, 0.25) is 0 Å². The molecule has 1 atom stereocenters. The first-order valence-electron chi connectivity index (χ1n) is 7.13. The van der Waals surface area contributed by atoms with E-state index in [4.69, 9.17) is 5.11 Å². The normalized spacial score (nSPS) is 12.1. The summed E-state index contributed by atoms with van der Waals surface area (Å²) < 4.78 is 0. The molecule has 0 unspecified atom stereocenters. The number of carboxylic acids is 1. The molecule has 0 aromatic heterocycles. The fourth-order valence-corrected chi connectivity index (χ4v) is 2.72. The first kappa shape index (κ1) is 17.6. The van der Waals surface area contributed by atoms with Gasteiger partial charge in [0.25, 0.3) is 0 Å². The number of nitrogens with one attached hydrogen (secondary N) is 1. The van der Waals surface area contributed by atoms with E-state index in [0.717, 1.165) is 12.2 Å². The van der Waals surface area contributed by atoms with Crippen LogP contribution in [0.3, 0.4) is 0 Å². The van der Waals surface area contributed by atoms with Crippen molar-refractivity contribution in [3.05, 3.63) is 35.9 Å². The highest BCUT2D eigenvalue weighted by Gasteiger charge is 2.20. The molecule has 0 spiro atoms. The quantitative estimate of drug-likeness (QED) is 0.688. The predicted molar refractivity (Wildman–Crippen MR) is 86.5 cm³/mol. The molecule has 0 radical (unpaired) electrons. The number of rotatable bonds is 9. The zero-order chi connectivity index (χ0) is 15.7. The van der Waals surface area contributed by atoms with Crippen LogP contribution in [0.5, 0.6) is 0 Å². The summed E-state index contributed by atoms with van der Waals surface area (Å²) in [6.07, 6.45) is 1.36. The molecule has 0 aliphatic carbocycles. The smallest absolute Gasteiger partial charge is 0.326 e. The van der Waals surface area contributed by atoms with E-state index in [0.29, 0.717) is 12.2 Å². The third kappa shape index (κ3) is 7.75. The van der Waals surface area contributed by atoms with E-state index < -0.39 is 12.0 Å². The topological polar surface area (TPSA) is 66.4 Å². The average molecular weight is 309 g/mol. The van der Waals surface area contributed by atoms with Gasteiger partial charge in [-0.25, -0.2) is 4.79 Å². The number of carboxylic acid groups (broad SMARTS) is 1. The number of amides is 1. The van der Waals surface area contributed by atoms with Crippen molar-refractivity contribution in [2.75, 3.05) is 11.5 Å². The van der Waals surface area contributed by atoms with Crippen molar-refractivity contribution in [2.45, 2.75) is 32.7 Å². The van der Waals surface area contributed by atoms with Gasteiger partial charge in [0.05, 0.1) is 5.75 Å². The van der Waals surface area contributed by atoms with E-state index in [1.165, 1.54) is 17.3 Å². The lowest BCUT2D eigenvalue weighted by Gasteiger charge is -2.16. The first-order chi connectivity index (χ1) is 9.99. The van der Waals surface area contributed by atoms with Gasteiger partial charge < -0.3 is 10.4 Å². The van der Waals surface area contributed by atoms with Crippen molar-refractivity contribution in [3.63, 3.8) is 0 Å². The Morgan fingerprint density at radius 2 is 1.90 bits per heavy atom. The van der Waals surface area contributed by atoms with Gasteiger partial charge in [-0.05, 0) is 30.1 Å². The zero-order valence-corrected chi connectivity index (χ0v) is 13.4. The molecular formula is C16H23NO3S. The van der Waals surface area contributed by atoms with Crippen LogP contribution in [0.15, 0.2) is 30.3 Å². The SMILES string of the molecule is CC(C)C[C@H](NC(=O)CSCCc1ccccc1)C(=O)O. The number of aryl methyl sites for hydroxylation is 1. The summed E-state index contributed by atoms with van der Waals surface area (Å²) in [4.78, 5) is 22.8. The van der Waals surface area contributed by atoms with Crippen molar-refractivity contribution in [1.82, 2.24) is 5.32 Å². The van der Waals surface area contributed by atoms with Gasteiger partial charge >= 0.3 is 5.97 Å².